The SMILES string of the molecule is CCCn1c(SCC(=O)O)nnc1N1CC2CCCC2C1. The normalized spacial score (nSPS) is 24.5. The van der Waals surface area contributed by atoms with Gasteiger partial charge in [-0.2, -0.15) is 0 Å². The number of aliphatic carboxylic acids is 1. The second-order valence-electron chi connectivity index (χ2n) is 5.97. The van der Waals surface area contributed by atoms with Gasteiger partial charge in [0.25, 0.3) is 0 Å². The van der Waals surface area contributed by atoms with Crippen LogP contribution >= 0.6 is 11.8 Å². The van der Waals surface area contributed by atoms with Crippen LogP contribution in [0.2, 0.25) is 0 Å². The van der Waals surface area contributed by atoms with Gasteiger partial charge in [0.15, 0.2) is 5.16 Å². The van der Waals surface area contributed by atoms with Crippen LogP contribution in [0.15, 0.2) is 5.16 Å². The summed E-state index contributed by atoms with van der Waals surface area (Å²) in [5.74, 6) is 1.77. The number of carboxylic acid groups (broad SMARTS) is 1. The van der Waals surface area contributed by atoms with Crippen molar-refractivity contribution in [2.45, 2.75) is 44.3 Å². The Balaban J connectivity index is 1.76. The molecule has 1 saturated carbocycles. The van der Waals surface area contributed by atoms with E-state index in [0.29, 0.717) is 0 Å². The molecule has 2 atom stereocenters. The summed E-state index contributed by atoms with van der Waals surface area (Å²) in [5.41, 5.74) is 0. The van der Waals surface area contributed by atoms with Crippen LogP contribution in [0.4, 0.5) is 5.95 Å². The third kappa shape index (κ3) is 3.02. The van der Waals surface area contributed by atoms with Crippen molar-refractivity contribution in [3.8, 4) is 0 Å². The van der Waals surface area contributed by atoms with Gasteiger partial charge in [0.05, 0.1) is 5.75 Å². The standard InChI is InChI=1S/C14H22N4O2S/c1-2-6-18-13(15-16-14(18)21-9-12(19)20)17-7-10-4-3-5-11(10)8-17/h10-11H,2-9H2,1H3,(H,19,20). The molecule has 21 heavy (non-hydrogen) atoms. The molecule has 1 N–H and O–H groups in total. The van der Waals surface area contributed by atoms with Crippen LogP contribution in [0.25, 0.3) is 0 Å². The predicted molar refractivity (Wildman–Crippen MR) is 81.7 cm³/mol. The van der Waals surface area contributed by atoms with E-state index in [1.165, 1.54) is 31.0 Å². The lowest BCUT2D eigenvalue weighted by Gasteiger charge is -2.19. The number of nitrogens with zero attached hydrogens (tertiary/aromatic N) is 4. The molecule has 0 aromatic carbocycles. The summed E-state index contributed by atoms with van der Waals surface area (Å²) in [6, 6.07) is 0. The molecule has 2 fully saturated rings. The molecule has 1 aromatic rings. The fraction of sp³-hybridized carbons (Fsp3) is 0.786. The Kier molecular flexibility index (Phi) is 4.37. The molecule has 1 aliphatic carbocycles. The van der Waals surface area contributed by atoms with Crippen molar-refractivity contribution in [2.24, 2.45) is 11.8 Å². The number of hydrogen-bond acceptors (Lipinski definition) is 5. The average molecular weight is 310 g/mol. The highest BCUT2D eigenvalue weighted by Gasteiger charge is 2.38. The molecule has 2 aliphatic rings. The zero-order chi connectivity index (χ0) is 14.8. The maximum atomic E-state index is 10.7. The lowest BCUT2D eigenvalue weighted by molar-refractivity contribution is -0.133. The van der Waals surface area contributed by atoms with Crippen LogP contribution in [0.1, 0.15) is 32.6 Å². The van der Waals surface area contributed by atoms with Crippen LogP contribution in [-0.2, 0) is 11.3 Å². The number of rotatable bonds is 6. The van der Waals surface area contributed by atoms with Gasteiger partial charge in [-0.25, -0.2) is 0 Å². The van der Waals surface area contributed by atoms with Gasteiger partial charge >= 0.3 is 5.97 Å². The second kappa shape index (κ2) is 6.25. The van der Waals surface area contributed by atoms with E-state index in [1.54, 1.807) is 0 Å². The Hall–Kier alpha value is -1.24. The molecular weight excluding hydrogens is 288 g/mol. The van der Waals surface area contributed by atoms with E-state index in [1.807, 2.05) is 0 Å². The first kappa shape index (κ1) is 14.7. The molecule has 2 heterocycles. The van der Waals surface area contributed by atoms with E-state index < -0.39 is 5.97 Å². The van der Waals surface area contributed by atoms with Crippen molar-refractivity contribution in [2.75, 3.05) is 23.7 Å². The molecule has 3 rings (SSSR count). The third-order valence-corrected chi connectivity index (χ3v) is 5.43. The van der Waals surface area contributed by atoms with E-state index in [9.17, 15) is 4.79 Å². The molecule has 1 aliphatic heterocycles. The van der Waals surface area contributed by atoms with Crippen LogP contribution in [-0.4, -0.2) is 44.7 Å². The minimum Gasteiger partial charge on any atom is -0.481 e. The maximum Gasteiger partial charge on any atom is 0.313 e. The number of thioether (sulfide) groups is 1. The molecular formula is C14H22N4O2S. The highest BCUT2D eigenvalue weighted by Crippen LogP contribution is 2.39. The van der Waals surface area contributed by atoms with Crippen LogP contribution < -0.4 is 4.90 Å². The minimum atomic E-state index is -0.816. The quantitative estimate of drug-likeness (QED) is 0.811. The van der Waals surface area contributed by atoms with Crippen molar-refractivity contribution in [1.82, 2.24) is 14.8 Å². The summed E-state index contributed by atoms with van der Waals surface area (Å²) < 4.78 is 2.09. The molecule has 2 unspecified atom stereocenters. The summed E-state index contributed by atoms with van der Waals surface area (Å²) in [6.45, 7) is 5.12. The Morgan fingerprint density at radius 3 is 2.67 bits per heavy atom. The van der Waals surface area contributed by atoms with Gasteiger partial charge < -0.3 is 10.0 Å². The van der Waals surface area contributed by atoms with Gasteiger partial charge in [0.1, 0.15) is 0 Å². The molecule has 0 radical (unpaired) electrons. The van der Waals surface area contributed by atoms with Gasteiger partial charge in [-0.3, -0.25) is 9.36 Å². The maximum absolute atomic E-state index is 10.7. The molecule has 6 nitrogen and oxygen atoms in total. The number of carbonyl (C=O) groups is 1. The van der Waals surface area contributed by atoms with Gasteiger partial charge in [-0.15, -0.1) is 10.2 Å². The number of aromatic nitrogens is 3. The topological polar surface area (TPSA) is 71.2 Å². The zero-order valence-electron chi connectivity index (χ0n) is 12.4. The molecule has 0 bridgehead atoms. The Labute approximate surface area is 128 Å². The minimum absolute atomic E-state index is 0.0348. The van der Waals surface area contributed by atoms with Crippen molar-refractivity contribution in [3.63, 3.8) is 0 Å². The van der Waals surface area contributed by atoms with Gasteiger partial charge in [-0.1, -0.05) is 25.1 Å². The van der Waals surface area contributed by atoms with Crippen molar-refractivity contribution in [1.29, 1.82) is 0 Å². The summed E-state index contributed by atoms with van der Waals surface area (Å²) in [7, 11) is 0. The Morgan fingerprint density at radius 1 is 1.33 bits per heavy atom. The van der Waals surface area contributed by atoms with Crippen molar-refractivity contribution in [3.05, 3.63) is 0 Å². The summed E-state index contributed by atoms with van der Waals surface area (Å²) in [5, 5.41) is 18.1. The monoisotopic (exact) mass is 310 g/mol. The van der Waals surface area contributed by atoms with Crippen LogP contribution in [0, 0.1) is 11.8 Å². The number of hydrogen-bond donors (Lipinski definition) is 1. The van der Waals surface area contributed by atoms with Crippen molar-refractivity contribution >= 4 is 23.7 Å². The highest BCUT2D eigenvalue weighted by atomic mass is 32.2. The number of anilines is 1. The lowest BCUT2D eigenvalue weighted by Crippen LogP contribution is -2.24. The largest absolute Gasteiger partial charge is 0.481 e. The summed E-state index contributed by atoms with van der Waals surface area (Å²) in [4.78, 5) is 13.1. The Morgan fingerprint density at radius 2 is 2.05 bits per heavy atom. The first-order chi connectivity index (χ1) is 10.2. The van der Waals surface area contributed by atoms with E-state index in [0.717, 1.165) is 49.0 Å². The van der Waals surface area contributed by atoms with E-state index in [2.05, 4.69) is 26.6 Å². The Bertz CT molecular complexity index is 507. The summed E-state index contributed by atoms with van der Waals surface area (Å²) >= 11 is 1.26. The molecule has 0 spiro atoms. The number of fused-ring (bicyclic) bond motifs is 1. The van der Waals surface area contributed by atoms with Gasteiger partial charge in [-0.05, 0) is 31.1 Å². The zero-order valence-corrected chi connectivity index (χ0v) is 13.2. The van der Waals surface area contributed by atoms with Gasteiger partial charge in [0, 0.05) is 19.6 Å². The first-order valence-electron chi connectivity index (χ1n) is 7.71. The lowest BCUT2D eigenvalue weighted by atomic mass is 10.0. The van der Waals surface area contributed by atoms with Crippen LogP contribution in [0.3, 0.4) is 0 Å². The molecule has 0 amide bonds. The molecule has 116 valence electrons. The van der Waals surface area contributed by atoms with Crippen molar-refractivity contribution < 1.29 is 9.90 Å². The van der Waals surface area contributed by atoms with E-state index >= 15 is 0 Å². The fourth-order valence-corrected chi connectivity index (χ4v) is 4.25. The highest BCUT2D eigenvalue weighted by molar-refractivity contribution is 7.99. The van der Waals surface area contributed by atoms with E-state index in [-0.39, 0.29) is 5.75 Å². The van der Waals surface area contributed by atoms with E-state index in [4.69, 9.17) is 5.11 Å². The molecule has 1 saturated heterocycles. The second-order valence-corrected chi connectivity index (χ2v) is 6.92. The first-order valence-corrected chi connectivity index (χ1v) is 8.70. The molecule has 7 heteroatoms. The van der Waals surface area contributed by atoms with Gasteiger partial charge in [0.2, 0.25) is 5.95 Å². The smallest absolute Gasteiger partial charge is 0.313 e. The fourth-order valence-electron chi connectivity index (χ4n) is 3.57. The third-order valence-electron chi connectivity index (χ3n) is 4.48. The molecule has 1 aromatic heterocycles. The predicted octanol–water partition coefficient (Wildman–Crippen LogP) is 2.10. The van der Waals surface area contributed by atoms with Crippen LogP contribution in [0.5, 0.6) is 0 Å². The number of carboxylic acids is 1. The average Bonchev–Trinajstić information content (AvgIpc) is 3.09. The summed E-state index contributed by atoms with van der Waals surface area (Å²) in [6.07, 6.45) is 5.03.